The second kappa shape index (κ2) is 6.02. The highest BCUT2D eigenvalue weighted by molar-refractivity contribution is 6.33. The summed E-state index contributed by atoms with van der Waals surface area (Å²) in [6.07, 6.45) is 0. The number of nitrogens with zero attached hydrogens (tertiary/aromatic N) is 2. The van der Waals surface area contributed by atoms with Crippen molar-refractivity contribution in [2.75, 3.05) is 4.90 Å². The molecule has 0 N–H and O–H groups in total. The van der Waals surface area contributed by atoms with Gasteiger partial charge in [-0.25, -0.2) is 4.90 Å². The summed E-state index contributed by atoms with van der Waals surface area (Å²) in [4.78, 5) is 37.8. The van der Waals surface area contributed by atoms with Crippen molar-refractivity contribution in [2.24, 2.45) is 11.8 Å². The largest absolute Gasteiger partial charge is 0.274 e. The Morgan fingerprint density at radius 1 is 0.839 bits per heavy atom. The van der Waals surface area contributed by atoms with E-state index in [-0.39, 0.29) is 23.4 Å². The lowest BCUT2D eigenvalue weighted by atomic mass is 9.54. The maximum atomic E-state index is 13.7. The normalized spacial score (nSPS) is 27.6. The van der Waals surface area contributed by atoms with Gasteiger partial charge in [0.2, 0.25) is 11.8 Å². The highest BCUT2D eigenvalue weighted by Crippen LogP contribution is 2.65. The number of imide groups is 1. The van der Waals surface area contributed by atoms with Crippen molar-refractivity contribution in [3.05, 3.63) is 105 Å². The van der Waals surface area contributed by atoms with Gasteiger partial charge in [-0.3, -0.25) is 19.7 Å². The Morgan fingerprint density at radius 3 is 1.94 bits per heavy atom. The van der Waals surface area contributed by atoms with Crippen molar-refractivity contribution in [3.63, 3.8) is 0 Å². The van der Waals surface area contributed by atoms with Crippen LogP contribution in [0.1, 0.15) is 28.2 Å². The Bertz CT molecular complexity index is 1260. The van der Waals surface area contributed by atoms with Crippen LogP contribution >= 0.6 is 11.6 Å². The smallest absolute Gasteiger partial charge is 0.269 e. The van der Waals surface area contributed by atoms with Crippen LogP contribution in [0.25, 0.3) is 0 Å². The molecule has 6 nitrogen and oxygen atoms in total. The molecule has 7 heteroatoms. The molecule has 2 atom stereocenters. The lowest BCUT2D eigenvalue weighted by Crippen LogP contribution is -2.50. The van der Waals surface area contributed by atoms with Gasteiger partial charge in [-0.2, -0.15) is 0 Å². The maximum Gasteiger partial charge on any atom is 0.269 e. The van der Waals surface area contributed by atoms with Crippen LogP contribution in [0, 0.1) is 22.0 Å². The number of hydrogen-bond acceptors (Lipinski definition) is 4. The molecular formula is C24H15ClN2O4. The fourth-order valence-corrected chi connectivity index (χ4v) is 6.23. The predicted octanol–water partition coefficient (Wildman–Crippen LogP) is 4.34. The first-order valence-corrected chi connectivity index (χ1v) is 10.3. The van der Waals surface area contributed by atoms with E-state index >= 15 is 0 Å². The quantitative estimate of drug-likeness (QED) is 0.262. The third-order valence-electron chi connectivity index (χ3n) is 6.83. The van der Waals surface area contributed by atoms with Crippen LogP contribution in [0.2, 0.25) is 0 Å². The van der Waals surface area contributed by atoms with E-state index in [0.717, 1.165) is 27.2 Å². The molecule has 3 aromatic rings. The maximum absolute atomic E-state index is 13.7. The number of nitro benzene ring substituents is 1. The van der Waals surface area contributed by atoms with Gasteiger partial charge in [0.25, 0.3) is 5.69 Å². The monoisotopic (exact) mass is 430 g/mol. The number of carbonyl (C=O) groups is 2. The second-order valence-corrected chi connectivity index (χ2v) is 8.75. The first-order chi connectivity index (χ1) is 14.9. The van der Waals surface area contributed by atoms with Gasteiger partial charge < -0.3 is 0 Å². The zero-order valence-electron chi connectivity index (χ0n) is 16.1. The van der Waals surface area contributed by atoms with Crippen LogP contribution in [0.3, 0.4) is 0 Å². The molecule has 3 aliphatic carbocycles. The van der Waals surface area contributed by atoms with Gasteiger partial charge in [0.15, 0.2) is 0 Å². The first-order valence-electron chi connectivity index (χ1n) is 9.94. The van der Waals surface area contributed by atoms with Crippen LogP contribution in [0.5, 0.6) is 0 Å². The number of amides is 2. The lowest BCUT2D eigenvalue weighted by molar-refractivity contribution is -0.384. The van der Waals surface area contributed by atoms with E-state index in [1.165, 1.54) is 24.3 Å². The number of non-ortho nitro benzene ring substituents is 1. The molecule has 0 unspecified atom stereocenters. The van der Waals surface area contributed by atoms with Crippen molar-refractivity contribution in [1.82, 2.24) is 0 Å². The fraction of sp³-hybridized carbons (Fsp3) is 0.167. The Kier molecular flexibility index (Phi) is 3.55. The molecule has 152 valence electrons. The van der Waals surface area contributed by atoms with Crippen molar-refractivity contribution < 1.29 is 14.5 Å². The van der Waals surface area contributed by atoms with Crippen molar-refractivity contribution in [2.45, 2.75) is 10.8 Å². The molecule has 2 amide bonds. The Hall–Kier alpha value is -3.51. The molecule has 0 spiro atoms. The standard InChI is InChI=1S/C24H15ClN2O4/c25-24-17-7-3-1-5-15(17)19(16-6-2-4-8-18(16)24)20-21(24)23(29)26(22(20)28)13-9-11-14(12-10-13)27(30)31/h1-12,19-21H/t19?,20-,21+,24?/m0/s1. The van der Waals surface area contributed by atoms with Gasteiger partial charge in [0.1, 0.15) is 4.87 Å². The van der Waals surface area contributed by atoms with Crippen molar-refractivity contribution in [1.29, 1.82) is 0 Å². The van der Waals surface area contributed by atoms with Crippen LogP contribution in [0.4, 0.5) is 11.4 Å². The molecule has 7 rings (SSSR count). The van der Waals surface area contributed by atoms with Gasteiger partial charge in [-0.05, 0) is 34.4 Å². The summed E-state index contributed by atoms with van der Waals surface area (Å²) in [5.74, 6) is -2.31. The van der Waals surface area contributed by atoms with E-state index in [0.29, 0.717) is 5.69 Å². The van der Waals surface area contributed by atoms with Gasteiger partial charge in [0.05, 0.1) is 22.4 Å². The summed E-state index contributed by atoms with van der Waals surface area (Å²) in [5, 5.41) is 11.0. The third-order valence-corrected chi connectivity index (χ3v) is 7.48. The minimum Gasteiger partial charge on any atom is -0.274 e. The number of hydrogen-bond donors (Lipinski definition) is 0. The molecule has 1 heterocycles. The Balaban J connectivity index is 1.55. The minimum absolute atomic E-state index is 0.103. The number of carbonyl (C=O) groups excluding carboxylic acids is 2. The summed E-state index contributed by atoms with van der Waals surface area (Å²) >= 11 is 7.35. The number of halogens is 1. The van der Waals surface area contributed by atoms with Crippen molar-refractivity contribution >= 4 is 34.8 Å². The van der Waals surface area contributed by atoms with E-state index in [9.17, 15) is 19.7 Å². The SMILES string of the molecule is O=C1[C@H]2C3c4ccccc4C(Cl)(c4ccccc43)[C@H]2C(=O)N1c1ccc([N+](=O)[O-])cc1. The molecule has 1 aliphatic heterocycles. The summed E-state index contributed by atoms with van der Waals surface area (Å²) in [6.45, 7) is 0. The summed E-state index contributed by atoms with van der Waals surface area (Å²) in [6, 6.07) is 21.0. The van der Waals surface area contributed by atoms with Crippen LogP contribution < -0.4 is 4.90 Å². The topological polar surface area (TPSA) is 80.5 Å². The molecular weight excluding hydrogens is 416 g/mol. The van der Waals surface area contributed by atoms with Crippen LogP contribution in [-0.2, 0) is 14.5 Å². The third kappa shape index (κ3) is 2.12. The number of alkyl halides is 1. The molecule has 2 bridgehead atoms. The molecule has 0 saturated carbocycles. The van der Waals surface area contributed by atoms with E-state index in [4.69, 9.17) is 11.6 Å². The van der Waals surface area contributed by atoms with E-state index in [2.05, 4.69) is 0 Å². The van der Waals surface area contributed by atoms with Crippen LogP contribution in [0.15, 0.2) is 72.8 Å². The second-order valence-electron chi connectivity index (χ2n) is 8.15. The lowest BCUT2D eigenvalue weighted by Gasteiger charge is -2.50. The molecule has 4 aliphatic rings. The highest BCUT2D eigenvalue weighted by atomic mass is 35.5. The summed E-state index contributed by atoms with van der Waals surface area (Å²) in [7, 11) is 0. The molecule has 3 aromatic carbocycles. The molecule has 0 radical (unpaired) electrons. The van der Waals surface area contributed by atoms with E-state index in [1.807, 2.05) is 48.5 Å². The van der Waals surface area contributed by atoms with Crippen molar-refractivity contribution in [3.8, 4) is 0 Å². The van der Waals surface area contributed by atoms with Gasteiger partial charge in [-0.1, -0.05) is 48.5 Å². The number of nitro groups is 1. The van der Waals surface area contributed by atoms with E-state index in [1.54, 1.807) is 0 Å². The van der Waals surface area contributed by atoms with Gasteiger partial charge >= 0.3 is 0 Å². The molecule has 1 fully saturated rings. The summed E-state index contributed by atoms with van der Waals surface area (Å²) in [5.41, 5.74) is 3.91. The van der Waals surface area contributed by atoms with Crippen LogP contribution in [-0.4, -0.2) is 16.7 Å². The number of benzene rings is 3. The first kappa shape index (κ1) is 18.3. The predicted molar refractivity (Wildman–Crippen MR) is 114 cm³/mol. The number of anilines is 1. The molecule has 1 saturated heterocycles. The average molecular weight is 431 g/mol. The van der Waals surface area contributed by atoms with Gasteiger partial charge in [-0.15, -0.1) is 11.6 Å². The minimum atomic E-state index is -1.14. The molecule has 0 aromatic heterocycles. The Morgan fingerprint density at radius 2 is 1.39 bits per heavy atom. The zero-order valence-corrected chi connectivity index (χ0v) is 16.8. The summed E-state index contributed by atoms with van der Waals surface area (Å²) < 4.78 is 0. The zero-order chi connectivity index (χ0) is 21.5. The van der Waals surface area contributed by atoms with Gasteiger partial charge in [0, 0.05) is 18.1 Å². The molecule has 31 heavy (non-hydrogen) atoms. The Labute approximate surface area is 182 Å². The average Bonchev–Trinajstić information content (AvgIpc) is 3.06. The number of rotatable bonds is 2. The highest BCUT2D eigenvalue weighted by Gasteiger charge is 2.67. The fourth-order valence-electron chi connectivity index (χ4n) is 5.66. The van der Waals surface area contributed by atoms with E-state index < -0.39 is 21.6 Å².